The van der Waals surface area contributed by atoms with Gasteiger partial charge in [-0.3, -0.25) is 0 Å². The minimum absolute atomic E-state index is 0.0724. The van der Waals surface area contributed by atoms with Crippen molar-refractivity contribution in [2.45, 2.75) is 38.5 Å². The van der Waals surface area contributed by atoms with Crippen LogP contribution >= 0.6 is 0 Å². The van der Waals surface area contributed by atoms with Crippen molar-refractivity contribution in [3.05, 3.63) is 265 Å². The largest absolute Gasteiger partial charge is 0.491 e. The summed E-state index contributed by atoms with van der Waals surface area (Å²) in [5, 5.41) is 28.7. The Morgan fingerprint density at radius 1 is 0.264 bits per heavy atom. The third-order valence-electron chi connectivity index (χ3n) is 16.9. The number of fused-ring (bicyclic) bond motifs is 4. The highest BCUT2D eigenvalue weighted by Crippen LogP contribution is 2.45. The molecular formula is C79H72O8. The first-order chi connectivity index (χ1) is 42.5. The maximum atomic E-state index is 9.71. The molecule has 12 aromatic rings. The first kappa shape index (κ1) is 58.1. The topological polar surface area (TPSA) is 95.8 Å². The Kier molecular flexibility index (Phi) is 17.5. The monoisotopic (exact) mass is 1150 g/mol. The van der Waals surface area contributed by atoms with Gasteiger partial charge in [0.1, 0.15) is 56.2 Å². The molecule has 0 radical (unpaired) electrons. The maximum absolute atomic E-state index is 9.71. The van der Waals surface area contributed by atoms with E-state index in [0.717, 1.165) is 111 Å². The second kappa shape index (κ2) is 26.1. The van der Waals surface area contributed by atoms with Crippen LogP contribution in [-0.2, 0) is 20.3 Å². The smallest absolute Gasteiger partial charge is 0.147 e. The van der Waals surface area contributed by atoms with Gasteiger partial charge in [-0.1, -0.05) is 198 Å². The van der Waals surface area contributed by atoms with Gasteiger partial charge in [-0.25, -0.2) is 0 Å². The van der Waals surface area contributed by atoms with Crippen LogP contribution in [0.1, 0.15) is 49.9 Å². The summed E-state index contributed by atoms with van der Waals surface area (Å²) in [6, 6.07) is 85.4. The van der Waals surface area contributed by atoms with Gasteiger partial charge in [-0.2, -0.15) is 0 Å². The van der Waals surface area contributed by atoms with Crippen molar-refractivity contribution < 1.29 is 38.6 Å². The molecule has 0 heterocycles. The Morgan fingerprint density at radius 3 is 0.782 bits per heavy atom. The van der Waals surface area contributed by atoms with Gasteiger partial charge in [0.05, 0.1) is 26.4 Å². The van der Waals surface area contributed by atoms with Crippen molar-refractivity contribution in [3.63, 3.8) is 0 Å². The summed E-state index contributed by atoms with van der Waals surface area (Å²) in [5.41, 5.74) is 11.8. The number of hydrogen-bond donors (Lipinski definition) is 2. The van der Waals surface area contributed by atoms with E-state index < -0.39 is 10.8 Å². The highest BCUT2D eigenvalue weighted by molar-refractivity contribution is 5.92. The van der Waals surface area contributed by atoms with E-state index >= 15 is 0 Å². The molecule has 8 nitrogen and oxygen atoms in total. The van der Waals surface area contributed by atoms with Crippen LogP contribution in [-0.4, -0.2) is 69.9 Å². The average Bonchev–Trinajstić information content (AvgIpc) is 3.49. The Bertz CT molecular complexity index is 4110. The van der Waals surface area contributed by atoms with Gasteiger partial charge in [-0.15, -0.1) is 0 Å². The summed E-state index contributed by atoms with van der Waals surface area (Å²) in [6.45, 7) is 10.6. The van der Waals surface area contributed by atoms with E-state index in [1.807, 2.05) is 12.1 Å². The van der Waals surface area contributed by atoms with E-state index in [2.05, 4.69) is 258 Å². The fourth-order valence-electron chi connectivity index (χ4n) is 11.8. The van der Waals surface area contributed by atoms with Gasteiger partial charge in [0, 0.05) is 33.1 Å². The van der Waals surface area contributed by atoms with Crippen LogP contribution in [0.25, 0.3) is 87.6 Å². The summed E-state index contributed by atoms with van der Waals surface area (Å²) in [6.07, 6.45) is 0. The van der Waals surface area contributed by atoms with E-state index in [-0.39, 0.29) is 33.2 Å². The molecule has 0 fully saturated rings. The zero-order chi connectivity index (χ0) is 59.7. The molecule has 12 rings (SSSR count). The highest BCUT2D eigenvalue weighted by Gasteiger charge is 2.29. The van der Waals surface area contributed by atoms with E-state index in [1.54, 1.807) is 0 Å². The van der Waals surface area contributed by atoms with Crippen molar-refractivity contribution in [2.24, 2.45) is 0 Å². The standard InChI is InChI=1S/C79H72O8/c1-78(2,66-29-33-74(84-39-37-80)70(49-66)62-25-21-54-13-5-9-17-58(54)45-62)68-31-35-76(72(51-68)64-27-23-56-15-7-11-19-60(56)47-64)86-43-41-82-53-83-42-44-87-77-36-32-69(52-73(77)65-28-24-57-16-8-12-20-61(57)48-65)79(3,4)67-30-34-75(85-40-38-81)71(50-67)63-26-22-55-14-6-10-18-59(55)46-63/h5-36,45-52,80-81H,37-44,53H2,1-4H3. The Labute approximate surface area is 509 Å². The van der Waals surface area contributed by atoms with Crippen molar-refractivity contribution in [2.75, 3.05) is 59.6 Å². The summed E-state index contributed by atoms with van der Waals surface area (Å²) < 4.78 is 37.4. The molecule has 2 N–H and O–H groups in total. The highest BCUT2D eigenvalue weighted by atomic mass is 16.7. The Hall–Kier alpha value is -9.28. The van der Waals surface area contributed by atoms with Crippen LogP contribution in [0.2, 0.25) is 0 Å². The van der Waals surface area contributed by atoms with Crippen LogP contribution in [0.5, 0.6) is 23.0 Å². The third kappa shape index (κ3) is 12.8. The first-order valence-corrected chi connectivity index (χ1v) is 30.0. The lowest BCUT2D eigenvalue weighted by Gasteiger charge is -2.28. The molecule has 87 heavy (non-hydrogen) atoms. The molecule has 0 unspecified atom stereocenters. The van der Waals surface area contributed by atoms with Crippen LogP contribution in [0.4, 0.5) is 0 Å². The Balaban J connectivity index is 0.729. The second-order valence-corrected chi connectivity index (χ2v) is 23.1. The predicted molar refractivity (Wildman–Crippen MR) is 355 cm³/mol. The molecule has 0 amide bonds. The number of aliphatic hydroxyl groups is 2. The zero-order valence-electron chi connectivity index (χ0n) is 49.8. The number of hydrogen-bond acceptors (Lipinski definition) is 8. The molecular weight excluding hydrogens is 1080 g/mol. The molecule has 0 bridgehead atoms. The summed E-state index contributed by atoms with van der Waals surface area (Å²) in [5.74, 6) is 2.98. The molecule has 0 saturated heterocycles. The molecule has 0 saturated carbocycles. The lowest BCUT2D eigenvalue weighted by Crippen LogP contribution is -2.19. The lowest BCUT2D eigenvalue weighted by molar-refractivity contribution is -0.0661. The van der Waals surface area contributed by atoms with E-state index in [9.17, 15) is 10.2 Å². The van der Waals surface area contributed by atoms with Gasteiger partial charge in [-0.05, 0) is 160 Å². The van der Waals surface area contributed by atoms with Gasteiger partial charge in [0.15, 0.2) is 0 Å². The van der Waals surface area contributed by atoms with Crippen molar-refractivity contribution in [1.82, 2.24) is 0 Å². The molecule has 0 aliphatic rings. The van der Waals surface area contributed by atoms with E-state index in [4.69, 9.17) is 28.4 Å². The average molecular weight is 1150 g/mol. The van der Waals surface area contributed by atoms with E-state index in [1.165, 1.54) is 21.5 Å². The maximum Gasteiger partial charge on any atom is 0.147 e. The summed E-state index contributed by atoms with van der Waals surface area (Å²) in [4.78, 5) is 0. The van der Waals surface area contributed by atoms with Crippen LogP contribution in [0.15, 0.2) is 243 Å². The SMILES string of the molecule is CC(C)(c1ccc(OCCO)c(-c2ccc3ccccc3c2)c1)c1ccc(OCCOCOCCOc2ccc(C(C)(C)c3ccc(OCCO)c(-c4ccc5ccccc5c4)c3)cc2-c2ccc3ccccc3c2)c(-c2ccc3ccccc3c2)c1. The van der Waals surface area contributed by atoms with Crippen LogP contribution in [0.3, 0.4) is 0 Å². The van der Waals surface area contributed by atoms with Crippen molar-refractivity contribution in [3.8, 4) is 67.5 Å². The minimum atomic E-state index is -0.426. The number of aliphatic hydroxyl groups excluding tert-OH is 2. The fraction of sp³-hybridized carbons (Fsp3) is 0.190. The minimum Gasteiger partial charge on any atom is -0.491 e. The normalized spacial score (nSPS) is 11.8. The zero-order valence-corrected chi connectivity index (χ0v) is 49.8. The summed E-state index contributed by atoms with van der Waals surface area (Å²) >= 11 is 0. The molecule has 0 aliphatic carbocycles. The quantitative estimate of drug-likeness (QED) is 0.0456. The summed E-state index contributed by atoms with van der Waals surface area (Å²) in [7, 11) is 0. The second-order valence-electron chi connectivity index (χ2n) is 23.1. The molecule has 12 aromatic carbocycles. The number of ether oxygens (including phenoxy) is 6. The van der Waals surface area contributed by atoms with Crippen LogP contribution < -0.4 is 18.9 Å². The van der Waals surface area contributed by atoms with E-state index in [0.29, 0.717) is 26.4 Å². The lowest BCUT2D eigenvalue weighted by atomic mass is 9.76. The Morgan fingerprint density at radius 2 is 0.517 bits per heavy atom. The van der Waals surface area contributed by atoms with Gasteiger partial charge in [0.25, 0.3) is 0 Å². The molecule has 0 aliphatic heterocycles. The van der Waals surface area contributed by atoms with Gasteiger partial charge >= 0.3 is 0 Å². The first-order valence-electron chi connectivity index (χ1n) is 30.0. The molecule has 0 aromatic heterocycles. The van der Waals surface area contributed by atoms with Crippen molar-refractivity contribution >= 4 is 43.1 Å². The fourth-order valence-corrected chi connectivity index (χ4v) is 11.8. The predicted octanol–water partition coefficient (Wildman–Crippen LogP) is 17.8. The van der Waals surface area contributed by atoms with Crippen LogP contribution in [0, 0.1) is 0 Å². The number of benzene rings is 12. The third-order valence-corrected chi connectivity index (χ3v) is 16.9. The molecule has 436 valence electrons. The number of rotatable bonds is 24. The molecule has 0 spiro atoms. The molecule has 8 heteroatoms. The van der Waals surface area contributed by atoms with Crippen molar-refractivity contribution in [1.29, 1.82) is 0 Å². The van der Waals surface area contributed by atoms with Gasteiger partial charge < -0.3 is 38.6 Å². The molecule has 0 atom stereocenters. The van der Waals surface area contributed by atoms with Gasteiger partial charge in [0.2, 0.25) is 0 Å².